The van der Waals surface area contributed by atoms with Gasteiger partial charge >= 0.3 is 0 Å². The molecule has 6 heteroatoms. The van der Waals surface area contributed by atoms with Gasteiger partial charge in [-0.3, -0.25) is 10.1 Å². The summed E-state index contributed by atoms with van der Waals surface area (Å²) in [6, 6.07) is 4.98. The smallest absolute Gasteiger partial charge is 0.271 e. The molecular weight excluding hydrogens is 238 g/mol. The Kier molecular flexibility index (Phi) is 2.97. The Morgan fingerprint density at radius 1 is 1.59 bits per heavy atom. The van der Waals surface area contributed by atoms with Crippen LogP contribution in [0.5, 0.6) is 0 Å². The van der Waals surface area contributed by atoms with Gasteiger partial charge in [-0.1, -0.05) is 12.2 Å². The largest absolute Gasteiger partial charge is 0.370 e. The van der Waals surface area contributed by atoms with E-state index in [0.717, 1.165) is 22.8 Å². The van der Waals surface area contributed by atoms with Gasteiger partial charge in [-0.05, 0) is 13.0 Å². The van der Waals surface area contributed by atoms with Gasteiger partial charge in [0.2, 0.25) is 0 Å². The summed E-state index contributed by atoms with van der Waals surface area (Å²) in [5.41, 5.74) is 1.73. The lowest BCUT2D eigenvalue weighted by atomic mass is 10.2. The molecule has 0 bridgehead atoms. The second-order valence-corrected chi connectivity index (χ2v) is 4.66. The molecule has 0 radical (unpaired) electrons. The van der Waals surface area contributed by atoms with E-state index in [0.29, 0.717) is 0 Å². The second-order valence-electron chi connectivity index (χ2n) is 4.17. The van der Waals surface area contributed by atoms with Crippen molar-refractivity contribution in [3.05, 3.63) is 28.3 Å². The molecule has 0 saturated heterocycles. The van der Waals surface area contributed by atoms with E-state index in [1.807, 2.05) is 18.9 Å². The zero-order valence-electron chi connectivity index (χ0n) is 9.64. The van der Waals surface area contributed by atoms with Crippen molar-refractivity contribution >= 4 is 34.3 Å². The molecule has 17 heavy (non-hydrogen) atoms. The molecule has 1 heterocycles. The summed E-state index contributed by atoms with van der Waals surface area (Å²) >= 11 is 5.21. The number of thiocarbonyl (C=S) groups is 1. The number of hydrogen-bond acceptors (Lipinski definition) is 4. The van der Waals surface area contributed by atoms with Gasteiger partial charge in [-0.15, -0.1) is 0 Å². The maximum Gasteiger partial charge on any atom is 0.271 e. The van der Waals surface area contributed by atoms with Gasteiger partial charge in [0.05, 0.1) is 21.3 Å². The Hall–Kier alpha value is -1.69. The van der Waals surface area contributed by atoms with Crippen LogP contribution in [-0.4, -0.2) is 23.0 Å². The van der Waals surface area contributed by atoms with Crippen molar-refractivity contribution in [2.24, 2.45) is 0 Å². The predicted octanol–water partition coefficient (Wildman–Crippen LogP) is 2.56. The van der Waals surface area contributed by atoms with Crippen LogP contribution in [0, 0.1) is 10.1 Å². The minimum atomic E-state index is -0.387. The van der Waals surface area contributed by atoms with Crippen molar-refractivity contribution in [3.8, 4) is 0 Å². The van der Waals surface area contributed by atoms with Gasteiger partial charge < -0.3 is 10.2 Å². The number of non-ortho nitro benzene ring substituents is 1. The zero-order valence-corrected chi connectivity index (χ0v) is 10.5. The van der Waals surface area contributed by atoms with Gasteiger partial charge in [0.25, 0.3) is 5.69 Å². The third-order valence-corrected chi connectivity index (χ3v) is 3.26. The molecule has 1 N–H and O–H groups in total. The molecule has 0 fully saturated rings. The minimum Gasteiger partial charge on any atom is -0.370 e. The Morgan fingerprint density at radius 2 is 2.29 bits per heavy atom. The van der Waals surface area contributed by atoms with Gasteiger partial charge in [-0.2, -0.15) is 0 Å². The molecule has 1 aliphatic heterocycles. The third kappa shape index (κ3) is 2.21. The van der Waals surface area contributed by atoms with E-state index in [-0.39, 0.29) is 16.7 Å². The highest BCUT2D eigenvalue weighted by Crippen LogP contribution is 2.33. The van der Waals surface area contributed by atoms with Crippen LogP contribution in [0.2, 0.25) is 0 Å². The maximum atomic E-state index is 10.8. The second kappa shape index (κ2) is 4.29. The number of nitro benzene ring substituents is 1. The molecule has 1 aromatic rings. The van der Waals surface area contributed by atoms with Crippen LogP contribution in [0.25, 0.3) is 0 Å². The number of nitro groups is 1. The number of benzene rings is 1. The number of rotatable bonds is 1. The number of hydrogen-bond donors (Lipinski definition) is 1. The summed E-state index contributed by atoms with van der Waals surface area (Å²) in [6.07, 6.45) is 0.744. The number of nitrogens with one attached hydrogen (secondary N) is 1. The topological polar surface area (TPSA) is 58.4 Å². The monoisotopic (exact) mass is 251 g/mol. The molecule has 5 nitrogen and oxygen atoms in total. The van der Waals surface area contributed by atoms with E-state index in [9.17, 15) is 10.1 Å². The molecule has 0 spiro atoms. The first-order valence-corrected chi connectivity index (χ1v) is 5.71. The molecule has 1 aromatic carbocycles. The fourth-order valence-electron chi connectivity index (χ4n) is 1.88. The molecule has 0 saturated carbocycles. The van der Waals surface area contributed by atoms with Crippen molar-refractivity contribution in [2.45, 2.75) is 19.4 Å². The Bertz CT molecular complexity index is 490. The average molecular weight is 251 g/mol. The highest BCUT2D eigenvalue weighted by molar-refractivity contribution is 7.80. The van der Waals surface area contributed by atoms with Crippen LogP contribution >= 0.6 is 12.2 Å². The van der Waals surface area contributed by atoms with E-state index in [4.69, 9.17) is 12.2 Å². The van der Waals surface area contributed by atoms with E-state index in [1.165, 1.54) is 6.07 Å². The summed E-state index contributed by atoms with van der Waals surface area (Å²) < 4.78 is 0. The third-order valence-electron chi connectivity index (χ3n) is 2.99. The zero-order chi connectivity index (χ0) is 12.6. The lowest BCUT2D eigenvalue weighted by Crippen LogP contribution is -2.29. The molecular formula is C11H13N3O2S. The number of nitrogens with zero attached hydrogens (tertiary/aromatic N) is 2. The first-order valence-electron chi connectivity index (χ1n) is 5.30. The number of anilines is 2. The van der Waals surface area contributed by atoms with Gasteiger partial charge in [-0.25, -0.2) is 0 Å². The summed E-state index contributed by atoms with van der Waals surface area (Å²) in [5, 5.41) is 13.9. The van der Waals surface area contributed by atoms with Crippen molar-refractivity contribution in [2.75, 3.05) is 17.3 Å². The minimum absolute atomic E-state index is 0.0948. The fourth-order valence-corrected chi connectivity index (χ4v) is 2.23. The van der Waals surface area contributed by atoms with Crippen molar-refractivity contribution in [1.82, 2.24) is 0 Å². The van der Waals surface area contributed by atoms with Gasteiger partial charge in [0, 0.05) is 31.6 Å². The van der Waals surface area contributed by atoms with Crippen LogP contribution < -0.4 is 10.2 Å². The number of fused-ring (bicyclic) bond motifs is 1. The molecule has 2 rings (SSSR count). The molecule has 0 aliphatic carbocycles. The van der Waals surface area contributed by atoms with E-state index >= 15 is 0 Å². The molecule has 0 amide bonds. The van der Waals surface area contributed by atoms with Crippen molar-refractivity contribution < 1.29 is 4.92 Å². The Labute approximate surface area is 105 Å². The Balaban J connectivity index is 2.51. The van der Waals surface area contributed by atoms with Gasteiger partial charge in [0.15, 0.2) is 0 Å². The first kappa shape index (κ1) is 11.8. The van der Waals surface area contributed by atoms with Crippen molar-refractivity contribution in [3.63, 3.8) is 0 Å². The normalized spacial score (nSPS) is 19.3. The van der Waals surface area contributed by atoms with E-state index in [2.05, 4.69) is 5.32 Å². The van der Waals surface area contributed by atoms with Crippen LogP contribution in [0.15, 0.2) is 18.2 Å². The quantitative estimate of drug-likeness (QED) is 0.472. The predicted molar refractivity (Wildman–Crippen MR) is 71.8 cm³/mol. The highest BCUT2D eigenvalue weighted by atomic mass is 32.1. The van der Waals surface area contributed by atoms with Crippen LogP contribution in [0.3, 0.4) is 0 Å². The van der Waals surface area contributed by atoms with Crippen LogP contribution in [0.4, 0.5) is 17.1 Å². The van der Waals surface area contributed by atoms with Gasteiger partial charge in [0.1, 0.15) is 0 Å². The molecule has 90 valence electrons. The lowest BCUT2D eigenvalue weighted by Gasteiger charge is -2.24. The van der Waals surface area contributed by atoms with Crippen LogP contribution in [0.1, 0.15) is 13.3 Å². The summed E-state index contributed by atoms with van der Waals surface area (Å²) in [5.74, 6) is 0. The van der Waals surface area contributed by atoms with Crippen molar-refractivity contribution in [1.29, 1.82) is 0 Å². The summed E-state index contributed by atoms with van der Waals surface area (Å²) in [7, 11) is 1.92. The Morgan fingerprint density at radius 3 is 2.94 bits per heavy atom. The summed E-state index contributed by atoms with van der Waals surface area (Å²) in [6.45, 7) is 2.04. The SMILES string of the molecule is CC1CC(=S)Nc2ccc([N+](=O)[O-])cc2N1C. The average Bonchev–Trinajstić information content (AvgIpc) is 2.37. The molecule has 0 aromatic heterocycles. The fraction of sp³-hybridized carbons (Fsp3) is 0.364. The summed E-state index contributed by atoms with van der Waals surface area (Å²) in [4.78, 5) is 13.1. The maximum absolute atomic E-state index is 10.8. The van der Waals surface area contributed by atoms with E-state index < -0.39 is 0 Å². The molecule has 1 aliphatic rings. The lowest BCUT2D eigenvalue weighted by molar-refractivity contribution is -0.384. The first-order chi connectivity index (χ1) is 7.99. The van der Waals surface area contributed by atoms with Crippen LogP contribution in [-0.2, 0) is 0 Å². The highest BCUT2D eigenvalue weighted by Gasteiger charge is 2.22. The standard InChI is InChI=1S/C11H13N3O2S/c1-7-5-11(17)12-9-4-3-8(14(15)16)6-10(9)13(7)2/h3-4,6-7H,5H2,1-2H3,(H,12,17). The van der Waals surface area contributed by atoms with E-state index in [1.54, 1.807) is 12.1 Å². The molecule has 1 atom stereocenters. The molecule has 1 unspecified atom stereocenters.